The molecule has 0 aromatic heterocycles. The van der Waals surface area contributed by atoms with E-state index in [-0.39, 0.29) is 31.1 Å². The molecule has 0 unspecified atom stereocenters. The zero-order valence-corrected chi connectivity index (χ0v) is 9.16. The molecule has 0 atom stereocenters. The third kappa shape index (κ3) is 6.46. The molecule has 2 heteroatoms. The molecule has 0 fully saturated rings. The zero-order valence-electron chi connectivity index (χ0n) is 4.99. The molecular formula is C6H9NU. The summed E-state index contributed by atoms with van der Waals surface area (Å²) in [5.74, 6) is 0. The van der Waals surface area contributed by atoms with Crippen LogP contribution in [0.15, 0.2) is 12.2 Å². The molecule has 0 saturated carbocycles. The van der Waals surface area contributed by atoms with E-state index in [2.05, 4.69) is 12.8 Å². The van der Waals surface area contributed by atoms with Gasteiger partial charge in [-0.2, -0.15) is 19.6 Å². The van der Waals surface area contributed by atoms with Gasteiger partial charge in [-0.1, -0.05) is 0 Å². The molecule has 0 bridgehead atoms. The Balaban J connectivity index is 0. The van der Waals surface area contributed by atoms with E-state index in [4.69, 9.17) is 5.41 Å². The summed E-state index contributed by atoms with van der Waals surface area (Å²) in [5.41, 5.74) is 0.738. The molecule has 0 amide bonds. The van der Waals surface area contributed by atoms with Crippen LogP contribution < -0.4 is 0 Å². The SMILES string of the molecule is C=C([C-]=N)C[CH-]C.[U+2]. The molecule has 0 aromatic carbocycles. The predicted octanol–water partition coefficient (Wildman–Crippen LogP) is 1.68. The van der Waals surface area contributed by atoms with Crippen molar-refractivity contribution in [2.75, 3.05) is 0 Å². The van der Waals surface area contributed by atoms with Crippen LogP contribution in [0.4, 0.5) is 0 Å². The summed E-state index contributed by atoms with van der Waals surface area (Å²) in [4.78, 5) is 0. The quantitative estimate of drug-likeness (QED) is 0.600. The second kappa shape index (κ2) is 7.46. The first-order valence-corrected chi connectivity index (χ1v) is 2.19. The molecule has 0 radical (unpaired) electrons. The van der Waals surface area contributed by atoms with Crippen molar-refractivity contribution < 1.29 is 31.1 Å². The second-order valence-electron chi connectivity index (χ2n) is 1.34. The topological polar surface area (TPSA) is 23.9 Å². The van der Waals surface area contributed by atoms with Crippen molar-refractivity contribution in [3.63, 3.8) is 0 Å². The van der Waals surface area contributed by atoms with Crippen LogP contribution in [0.2, 0.25) is 0 Å². The van der Waals surface area contributed by atoms with E-state index in [0.717, 1.165) is 12.0 Å². The van der Waals surface area contributed by atoms with Crippen LogP contribution in [0.25, 0.3) is 0 Å². The number of hydrogen-bond acceptors (Lipinski definition) is 1. The van der Waals surface area contributed by atoms with Gasteiger partial charge in [0.2, 0.25) is 0 Å². The van der Waals surface area contributed by atoms with E-state index in [1.54, 1.807) is 0 Å². The zero-order chi connectivity index (χ0) is 5.70. The summed E-state index contributed by atoms with van der Waals surface area (Å²) in [7, 11) is 0. The predicted molar refractivity (Wildman–Crippen MR) is 31.5 cm³/mol. The van der Waals surface area contributed by atoms with Gasteiger partial charge in [-0.3, -0.25) is 0 Å². The van der Waals surface area contributed by atoms with Crippen molar-refractivity contribution in [1.82, 2.24) is 0 Å². The summed E-state index contributed by atoms with van der Waals surface area (Å²) in [6, 6.07) is 0. The Hall–Kier alpha value is 0.462. The van der Waals surface area contributed by atoms with Gasteiger partial charge in [0.1, 0.15) is 0 Å². The van der Waals surface area contributed by atoms with E-state index in [0.29, 0.717) is 0 Å². The first-order chi connectivity index (χ1) is 3.31. The first-order valence-electron chi connectivity index (χ1n) is 2.19. The molecule has 0 saturated heterocycles. The minimum atomic E-state index is 0. The minimum absolute atomic E-state index is 0. The van der Waals surface area contributed by atoms with E-state index in [1.807, 2.05) is 13.3 Å². The molecule has 1 nitrogen and oxygen atoms in total. The number of rotatable bonds is 3. The average molecular weight is 333 g/mol. The molecule has 1 N–H and O–H groups in total. The summed E-state index contributed by atoms with van der Waals surface area (Å²) in [5, 5.41) is 6.54. The summed E-state index contributed by atoms with van der Waals surface area (Å²) in [6.07, 6.45) is 4.92. The van der Waals surface area contributed by atoms with E-state index in [1.165, 1.54) is 0 Å². The molecule has 0 aliphatic carbocycles. The van der Waals surface area contributed by atoms with Crippen LogP contribution in [0.5, 0.6) is 0 Å². The van der Waals surface area contributed by atoms with Crippen LogP contribution in [-0.2, 0) is 0 Å². The molecular weight excluding hydrogens is 324 g/mol. The van der Waals surface area contributed by atoms with Gasteiger partial charge in [0.25, 0.3) is 0 Å². The summed E-state index contributed by atoms with van der Waals surface area (Å²) in [6.45, 7) is 5.47. The Kier molecular flexibility index (Phi) is 10.5. The van der Waals surface area contributed by atoms with Gasteiger partial charge >= 0.3 is 31.1 Å². The normalized spacial score (nSPS) is 7.12. The van der Waals surface area contributed by atoms with Crippen LogP contribution in [0, 0.1) is 42.9 Å². The van der Waals surface area contributed by atoms with Gasteiger partial charge in [0.15, 0.2) is 0 Å². The van der Waals surface area contributed by atoms with Crippen LogP contribution in [-0.4, -0.2) is 6.21 Å². The largest absolute Gasteiger partial charge is 2.00 e. The maximum absolute atomic E-state index is 6.54. The molecule has 0 aliphatic rings. The average Bonchev–Trinajstić information content (AvgIpc) is 1.68. The van der Waals surface area contributed by atoms with Gasteiger partial charge in [0, 0.05) is 0 Å². The van der Waals surface area contributed by atoms with Crippen LogP contribution in [0.3, 0.4) is 0 Å². The Bertz CT molecular complexity index is 78.6. The fraction of sp³-hybridized carbons (Fsp3) is 0.333. The van der Waals surface area contributed by atoms with Gasteiger partial charge in [-0.15, -0.1) is 0 Å². The molecule has 0 aromatic rings. The van der Waals surface area contributed by atoms with Crippen molar-refractivity contribution in [3.8, 4) is 0 Å². The van der Waals surface area contributed by atoms with Crippen molar-refractivity contribution in [2.24, 2.45) is 0 Å². The smallest absolute Gasteiger partial charge is 0.412 e. The van der Waals surface area contributed by atoms with Crippen LogP contribution in [0.1, 0.15) is 13.3 Å². The molecule has 0 aliphatic heterocycles. The molecule has 0 heterocycles. The van der Waals surface area contributed by atoms with Crippen molar-refractivity contribution in [1.29, 1.82) is 5.41 Å². The van der Waals surface area contributed by atoms with Gasteiger partial charge < -0.3 is 11.8 Å². The Morgan fingerprint density at radius 3 is 2.50 bits per heavy atom. The molecule has 0 rings (SSSR count). The molecule has 42 valence electrons. The monoisotopic (exact) mass is 333 g/mol. The Morgan fingerprint density at radius 2 is 2.38 bits per heavy atom. The summed E-state index contributed by atoms with van der Waals surface area (Å²) < 4.78 is 0. The standard InChI is InChI=1S/C6H9N.U/c1-3-4-6(2)5-7;/h3,7H,2,4H2,1H3;/q-2;+2. The van der Waals surface area contributed by atoms with Gasteiger partial charge in [0.05, 0.1) is 0 Å². The fourth-order valence-electron chi connectivity index (χ4n) is 0.297. The van der Waals surface area contributed by atoms with Crippen molar-refractivity contribution in [3.05, 3.63) is 18.6 Å². The number of nitrogens with one attached hydrogen (secondary N) is 1. The minimum Gasteiger partial charge on any atom is -0.412 e. The third-order valence-corrected chi connectivity index (χ3v) is 0.627. The van der Waals surface area contributed by atoms with Crippen molar-refractivity contribution in [2.45, 2.75) is 13.3 Å². The number of allylic oxidation sites excluding steroid dienone is 1. The van der Waals surface area contributed by atoms with Gasteiger partial charge in [-0.05, 0) is 0 Å². The van der Waals surface area contributed by atoms with E-state index in [9.17, 15) is 0 Å². The Labute approximate surface area is 74.4 Å². The van der Waals surface area contributed by atoms with E-state index >= 15 is 0 Å². The Morgan fingerprint density at radius 1 is 1.88 bits per heavy atom. The maximum Gasteiger partial charge on any atom is 2.00 e. The first kappa shape index (κ1) is 11.3. The summed E-state index contributed by atoms with van der Waals surface area (Å²) >= 11 is 0. The maximum atomic E-state index is 6.54. The third-order valence-electron chi connectivity index (χ3n) is 0.627. The van der Waals surface area contributed by atoms with Crippen LogP contribution >= 0.6 is 0 Å². The van der Waals surface area contributed by atoms with E-state index < -0.39 is 0 Å². The second-order valence-corrected chi connectivity index (χ2v) is 1.34. The molecule has 8 heavy (non-hydrogen) atoms. The number of hydrogen-bond donors (Lipinski definition) is 1. The fourth-order valence-corrected chi connectivity index (χ4v) is 0.297. The van der Waals surface area contributed by atoms with Crippen molar-refractivity contribution >= 4 is 6.21 Å². The molecule has 0 spiro atoms. The van der Waals surface area contributed by atoms with Gasteiger partial charge in [-0.25, -0.2) is 12.2 Å².